The number of ether oxygens (including phenoxy) is 1. The average molecular weight is 328 g/mol. The third-order valence-electron chi connectivity index (χ3n) is 3.72. The number of aromatic nitrogens is 2. The van der Waals surface area contributed by atoms with Gasteiger partial charge in [-0.15, -0.1) is 11.3 Å². The van der Waals surface area contributed by atoms with Crippen LogP contribution in [-0.2, 0) is 11.3 Å². The lowest BCUT2D eigenvalue weighted by atomic mass is 10.1. The first kappa shape index (κ1) is 15.4. The zero-order valence-corrected chi connectivity index (χ0v) is 13.9. The fraction of sp³-hybridized carbons (Fsp3) is 0.235. The van der Waals surface area contributed by atoms with E-state index >= 15 is 0 Å². The van der Waals surface area contributed by atoms with Crippen LogP contribution in [0.5, 0.6) is 0 Å². The van der Waals surface area contributed by atoms with Gasteiger partial charge in [-0.3, -0.25) is 9.20 Å². The minimum atomic E-state index is -0.419. The second-order valence-electron chi connectivity index (χ2n) is 5.46. The highest BCUT2D eigenvalue weighted by molar-refractivity contribution is 7.15. The number of thiazole rings is 1. The van der Waals surface area contributed by atoms with Crippen LogP contribution in [-0.4, -0.2) is 15.4 Å². The summed E-state index contributed by atoms with van der Waals surface area (Å²) in [5.41, 5.74) is 3.79. The van der Waals surface area contributed by atoms with Crippen molar-refractivity contribution < 1.29 is 9.53 Å². The van der Waals surface area contributed by atoms with E-state index in [1.54, 1.807) is 16.5 Å². The van der Waals surface area contributed by atoms with E-state index in [1.165, 1.54) is 17.4 Å². The van der Waals surface area contributed by atoms with Crippen molar-refractivity contribution in [1.82, 2.24) is 9.38 Å². The molecule has 0 spiro atoms. The molecule has 0 saturated heterocycles. The van der Waals surface area contributed by atoms with Gasteiger partial charge < -0.3 is 4.74 Å². The first-order valence-corrected chi connectivity index (χ1v) is 8.05. The van der Waals surface area contributed by atoms with E-state index in [-0.39, 0.29) is 12.2 Å². The Kier molecular flexibility index (Phi) is 4.00. The number of hydrogen-bond donors (Lipinski definition) is 0. The van der Waals surface area contributed by atoms with Gasteiger partial charge in [-0.25, -0.2) is 9.78 Å². The Balaban J connectivity index is 1.79. The normalized spacial score (nSPS) is 10.9. The largest absolute Gasteiger partial charge is 0.456 e. The first-order valence-electron chi connectivity index (χ1n) is 7.17. The maximum atomic E-state index is 12.1. The van der Waals surface area contributed by atoms with Crippen molar-refractivity contribution in [1.29, 1.82) is 0 Å². The molecule has 0 aliphatic rings. The molecule has 0 unspecified atom stereocenters. The summed E-state index contributed by atoms with van der Waals surface area (Å²) in [7, 11) is 0. The van der Waals surface area contributed by atoms with Gasteiger partial charge in [0.15, 0.2) is 4.96 Å². The third kappa shape index (κ3) is 3.03. The molecule has 0 bridgehead atoms. The SMILES string of the molecule is Cc1ccc(C(=O)OCc2cc(=O)n3c(C)csc3n2)cc1C. The van der Waals surface area contributed by atoms with Crippen molar-refractivity contribution in [3.05, 3.63) is 68.1 Å². The summed E-state index contributed by atoms with van der Waals surface area (Å²) in [5.74, 6) is -0.419. The summed E-state index contributed by atoms with van der Waals surface area (Å²) in [5, 5.41) is 1.87. The van der Waals surface area contributed by atoms with E-state index in [4.69, 9.17) is 4.74 Å². The molecule has 0 aliphatic heterocycles. The van der Waals surface area contributed by atoms with Gasteiger partial charge in [0.2, 0.25) is 0 Å². The molecule has 2 aromatic heterocycles. The van der Waals surface area contributed by atoms with E-state index in [0.29, 0.717) is 16.2 Å². The van der Waals surface area contributed by atoms with Crippen molar-refractivity contribution in [2.75, 3.05) is 0 Å². The summed E-state index contributed by atoms with van der Waals surface area (Å²) in [6.45, 7) is 5.77. The lowest BCUT2D eigenvalue weighted by molar-refractivity contribution is 0.0467. The first-order chi connectivity index (χ1) is 11.0. The molecule has 118 valence electrons. The Hall–Kier alpha value is -2.47. The standard InChI is InChI=1S/C17H16N2O3S/c1-10-4-5-13(6-11(10)2)16(21)22-8-14-7-15(20)19-12(3)9-23-17(19)18-14/h4-7,9H,8H2,1-3H3. The number of hydrogen-bond acceptors (Lipinski definition) is 5. The van der Waals surface area contributed by atoms with Crippen LogP contribution < -0.4 is 5.56 Å². The van der Waals surface area contributed by atoms with Crippen LogP contribution >= 0.6 is 11.3 Å². The Morgan fingerprint density at radius 2 is 2.00 bits per heavy atom. The van der Waals surface area contributed by atoms with Gasteiger partial charge in [-0.2, -0.15) is 0 Å². The highest BCUT2D eigenvalue weighted by Gasteiger charge is 2.11. The number of benzene rings is 1. The van der Waals surface area contributed by atoms with Gasteiger partial charge in [0.05, 0.1) is 11.3 Å². The Labute approximate surface area is 137 Å². The number of carbonyl (C=O) groups is 1. The van der Waals surface area contributed by atoms with E-state index < -0.39 is 5.97 Å². The van der Waals surface area contributed by atoms with Gasteiger partial charge in [0.1, 0.15) is 6.61 Å². The molecule has 0 amide bonds. The zero-order chi connectivity index (χ0) is 16.6. The number of rotatable bonds is 3. The minimum absolute atomic E-state index is 0.0194. The van der Waals surface area contributed by atoms with Crippen LogP contribution in [0.3, 0.4) is 0 Å². The molecular weight excluding hydrogens is 312 g/mol. The lowest BCUT2D eigenvalue weighted by Crippen LogP contribution is -2.16. The van der Waals surface area contributed by atoms with E-state index in [1.807, 2.05) is 32.2 Å². The van der Waals surface area contributed by atoms with Crippen LogP contribution in [0.25, 0.3) is 4.96 Å². The third-order valence-corrected chi connectivity index (χ3v) is 4.67. The van der Waals surface area contributed by atoms with Gasteiger partial charge in [-0.1, -0.05) is 6.07 Å². The Morgan fingerprint density at radius 3 is 2.74 bits per heavy atom. The molecule has 0 saturated carbocycles. The van der Waals surface area contributed by atoms with Gasteiger partial charge in [-0.05, 0) is 44.0 Å². The monoisotopic (exact) mass is 328 g/mol. The lowest BCUT2D eigenvalue weighted by Gasteiger charge is -2.06. The quantitative estimate of drug-likeness (QED) is 0.693. The van der Waals surface area contributed by atoms with Crippen LogP contribution in [0.2, 0.25) is 0 Å². The van der Waals surface area contributed by atoms with Crippen LogP contribution in [0.1, 0.15) is 32.9 Å². The number of esters is 1. The highest BCUT2D eigenvalue weighted by Crippen LogP contribution is 2.13. The molecule has 23 heavy (non-hydrogen) atoms. The maximum absolute atomic E-state index is 12.1. The fourth-order valence-corrected chi connectivity index (χ4v) is 3.16. The number of nitrogens with zero attached hydrogens (tertiary/aromatic N) is 2. The molecule has 1 aromatic carbocycles. The molecule has 6 heteroatoms. The number of fused-ring (bicyclic) bond motifs is 1. The average Bonchev–Trinajstić information content (AvgIpc) is 2.89. The van der Waals surface area contributed by atoms with Crippen LogP contribution in [0.15, 0.2) is 34.4 Å². The van der Waals surface area contributed by atoms with Gasteiger partial charge in [0.25, 0.3) is 5.56 Å². The predicted octanol–water partition coefficient (Wildman–Crippen LogP) is 3.04. The second-order valence-corrected chi connectivity index (χ2v) is 6.29. The number of carbonyl (C=O) groups excluding carboxylic acids is 1. The number of aryl methyl sites for hydroxylation is 3. The van der Waals surface area contributed by atoms with Crippen molar-refractivity contribution >= 4 is 22.3 Å². The molecule has 0 aliphatic carbocycles. The molecule has 0 radical (unpaired) electrons. The molecule has 2 heterocycles. The molecule has 0 fully saturated rings. The van der Waals surface area contributed by atoms with Crippen LogP contribution in [0.4, 0.5) is 0 Å². The summed E-state index contributed by atoms with van der Waals surface area (Å²) >= 11 is 1.39. The topological polar surface area (TPSA) is 60.7 Å². The predicted molar refractivity (Wildman–Crippen MR) is 89.1 cm³/mol. The smallest absolute Gasteiger partial charge is 0.338 e. The van der Waals surface area contributed by atoms with Crippen molar-refractivity contribution in [3.8, 4) is 0 Å². The molecule has 5 nitrogen and oxygen atoms in total. The zero-order valence-electron chi connectivity index (χ0n) is 13.1. The molecular formula is C17H16N2O3S. The summed E-state index contributed by atoms with van der Waals surface area (Å²) in [4.78, 5) is 29.1. The van der Waals surface area contributed by atoms with Crippen molar-refractivity contribution in [3.63, 3.8) is 0 Å². The van der Waals surface area contributed by atoms with Gasteiger partial charge >= 0.3 is 5.97 Å². The molecule has 3 aromatic rings. The Bertz CT molecular complexity index is 956. The second kappa shape index (κ2) is 5.96. The fourth-order valence-electron chi connectivity index (χ4n) is 2.27. The maximum Gasteiger partial charge on any atom is 0.338 e. The molecule has 3 rings (SSSR count). The van der Waals surface area contributed by atoms with E-state index in [9.17, 15) is 9.59 Å². The van der Waals surface area contributed by atoms with Crippen molar-refractivity contribution in [2.24, 2.45) is 0 Å². The molecule has 0 N–H and O–H groups in total. The summed E-state index contributed by atoms with van der Waals surface area (Å²) in [6.07, 6.45) is 0. The van der Waals surface area contributed by atoms with Gasteiger partial charge in [0, 0.05) is 17.1 Å². The van der Waals surface area contributed by atoms with Crippen molar-refractivity contribution in [2.45, 2.75) is 27.4 Å². The highest BCUT2D eigenvalue weighted by atomic mass is 32.1. The van der Waals surface area contributed by atoms with E-state index in [0.717, 1.165) is 16.8 Å². The Morgan fingerprint density at radius 1 is 1.22 bits per heavy atom. The molecule has 0 atom stereocenters. The minimum Gasteiger partial charge on any atom is -0.456 e. The summed E-state index contributed by atoms with van der Waals surface area (Å²) in [6, 6.07) is 6.82. The summed E-state index contributed by atoms with van der Waals surface area (Å²) < 4.78 is 6.82. The van der Waals surface area contributed by atoms with Crippen LogP contribution in [0, 0.1) is 20.8 Å². The van der Waals surface area contributed by atoms with E-state index in [2.05, 4.69) is 4.98 Å².